The van der Waals surface area contributed by atoms with Crippen LogP contribution in [0, 0.1) is 13.8 Å². The Labute approximate surface area is 80.5 Å². The molecule has 0 amide bonds. The molecule has 0 radical (unpaired) electrons. The topological polar surface area (TPSA) is 60.7 Å². The summed E-state index contributed by atoms with van der Waals surface area (Å²) in [6, 6.07) is 0. The van der Waals surface area contributed by atoms with Crippen LogP contribution >= 0.6 is 0 Å². The van der Waals surface area contributed by atoms with E-state index in [4.69, 9.17) is 0 Å². The number of nitrogens with zero attached hydrogens (tertiary/aromatic N) is 4. The first kappa shape index (κ1) is 8.80. The van der Waals surface area contributed by atoms with E-state index in [1.807, 2.05) is 13.8 Å². The van der Waals surface area contributed by atoms with E-state index < -0.39 is 0 Å². The van der Waals surface area contributed by atoms with Crippen LogP contribution in [0.3, 0.4) is 0 Å². The van der Waals surface area contributed by atoms with E-state index in [9.17, 15) is 4.79 Å². The molecule has 0 aliphatic heterocycles. The zero-order valence-corrected chi connectivity index (χ0v) is 8.27. The second-order valence-corrected chi connectivity index (χ2v) is 3.20. The highest BCUT2D eigenvalue weighted by Gasteiger charge is 2.05. The molecule has 0 saturated carbocycles. The van der Waals surface area contributed by atoms with Crippen LogP contribution in [0.4, 0.5) is 0 Å². The molecule has 0 aliphatic carbocycles. The smallest absolute Gasteiger partial charge is 0.278 e. The average molecular weight is 190 g/mol. The first-order chi connectivity index (χ1) is 6.59. The number of hydrogen-bond donors (Lipinski definition) is 0. The lowest BCUT2D eigenvalue weighted by Gasteiger charge is -2.04. The van der Waals surface area contributed by atoms with Crippen LogP contribution in [0.5, 0.6) is 0 Å². The van der Waals surface area contributed by atoms with E-state index in [1.165, 1.54) is 10.8 Å². The molecule has 5 heteroatoms. The van der Waals surface area contributed by atoms with Gasteiger partial charge in [-0.15, -0.1) is 0 Å². The van der Waals surface area contributed by atoms with Crippen LogP contribution < -0.4 is 5.69 Å². The molecular weight excluding hydrogens is 180 g/mol. The van der Waals surface area contributed by atoms with Gasteiger partial charge in [-0.3, -0.25) is 4.57 Å². The Morgan fingerprint density at radius 2 is 1.86 bits per heavy atom. The molecule has 0 unspecified atom stereocenters. The van der Waals surface area contributed by atoms with Gasteiger partial charge in [0.05, 0.1) is 17.6 Å². The largest absolute Gasteiger partial charge is 0.349 e. The average Bonchev–Trinajstić information content (AvgIpc) is 2.15. The standard InChI is InChI=1S/C9H10N4O/c1-5-6(2)12-8-7(11-5)4-10-9(14)13(8)3/h4H,1-3H3. The van der Waals surface area contributed by atoms with Crippen molar-refractivity contribution in [3.05, 3.63) is 28.1 Å². The third-order valence-corrected chi connectivity index (χ3v) is 2.22. The summed E-state index contributed by atoms with van der Waals surface area (Å²) < 4.78 is 1.40. The van der Waals surface area contributed by atoms with Crippen LogP contribution in [0.2, 0.25) is 0 Å². The first-order valence-corrected chi connectivity index (χ1v) is 4.26. The zero-order chi connectivity index (χ0) is 10.3. The molecule has 0 atom stereocenters. The van der Waals surface area contributed by atoms with Crippen molar-refractivity contribution in [1.82, 2.24) is 19.5 Å². The molecule has 2 rings (SSSR count). The summed E-state index contributed by atoms with van der Waals surface area (Å²) in [5.74, 6) is 0. The highest BCUT2D eigenvalue weighted by molar-refractivity contribution is 5.68. The van der Waals surface area contributed by atoms with Crippen molar-refractivity contribution in [2.24, 2.45) is 7.05 Å². The number of fused-ring (bicyclic) bond motifs is 1. The quantitative estimate of drug-likeness (QED) is 0.601. The number of hydrogen-bond acceptors (Lipinski definition) is 4. The fourth-order valence-corrected chi connectivity index (χ4v) is 1.24. The Balaban J connectivity index is 2.97. The highest BCUT2D eigenvalue weighted by Crippen LogP contribution is 2.07. The van der Waals surface area contributed by atoms with Gasteiger partial charge in [-0.2, -0.15) is 4.98 Å². The summed E-state index contributed by atoms with van der Waals surface area (Å²) >= 11 is 0. The maximum atomic E-state index is 11.2. The Hall–Kier alpha value is -1.78. The SMILES string of the molecule is Cc1nc2cnc(=O)n(C)c2nc1C. The Morgan fingerprint density at radius 3 is 2.57 bits per heavy atom. The van der Waals surface area contributed by atoms with E-state index in [0.717, 1.165) is 11.4 Å². The zero-order valence-electron chi connectivity index (χ0n) is 8.27. The Kier molecular flexibility index (Phi) is 1.80. The molecule has 2 heterocycles. The predicted octanol–water partition coefficient (Wildman–Crippen LogP) is 0.340. The van der Waals surface area contributed by atoms with Crippen molar-refractivity contribution in [3.63, 3.8) is 0 Å². The lowest BCUT2D eigenvalue weighted by atomic mass is 10.3. The minimum absolute atomic E-state index is 0.310. The van der Waals surface area contributed by atoms with Crippen LogP contribution in [0.25, 0.3) is 11.2 Å². The van der Waals surface area contributed by atoms with Gasteiger partial charge in [-0.1, -0.05) is 0 Å². The molecule has 2 aromatic heterocycles. The lowest BCUT2D eigenvalue weighted by molar-refractivity contribution is 0.827. The fraction of sp³-hybridized carbons (Fsp3) is 0.333. The summed E-state index contributed by atoms with van der Waals surface area (Å²) in [6.07, 6.45) is 1.46. The van der Waals surface area contributed by atoms with Gasteiger partial charge >= 0.3 is 5.69 Å². The minimum Gasteiger partial charge on any atom is -0.278 e. The number of aryl methyl sites for hydroxylation is 3. The van der Waals surface area contributed by atoms with Gasteiger partial charge < -0.3 is 0 Å². The third-order valence-electron chi connectivity index (χ3n) is 2.22. The van der Waals surface area contributed by atoms with Gasteiger partial charge in [-0.25, -0.2) is 14.8 Å². The Bertz CT molecular complexity index is 558. The van der Waals surface area contributed by atoms with E-state index in [2.05, 4.69) is 15.0 Å². The maximum Gasteiger partial charge on any atom is 0.349 e. The molecule has 72 valence electrons. The van der Waals surface area contributed by atoms with Crippen LogP contribution in [0.15, 0.2) is 11.0 Å². The fourth-order valence-electron chi connectivity index (χ4n) is 1.24. The van der Waals surface area contributed by atoms with Gasteiger partial charge in [0.2, 0.25) is 0 Å². The molecule has 5 nitrogen and oxygen atoms in total. The van der Waals surface area contributed by atoms with Gasteiger partial charge in [0.25, 0.3) is 0 Å². The van der Waals surface area contributed by atoms with Crippen molar-refractivity contribution >= 4 is 11.2 Å². The lowest BCUT2D eigenvalue weighted by Crippen LogP contribution is -2.21. The monoisotopic (exact) mass is 190 g/mol. The number of aromatic nitrogens is 4. The Morgan fingerprint density at radius 1 is 1.21 bits per heavy atom. The van der Waals surface area contributed by atoms with Crippen LogP contribution in [-0.4, -0.2) is 19.5 Å². The van der Waals surface area contributed by atoms with E-state index >= 15 is 0 Å². The summed E-state index contributed by atoms with van der Waals surface area (Å²) in [5, 5.41) is 0. The second-order valence-electron chi connectivity index (χ2n) is 3.20. The van der Waals surface area contributed by atoms with E-state index in [1.54, 1.807) is 7.05 Å². The molecule has 14 heavy (non-hydrogen) atoms. The third kappa shape index (κ3) is 1.17. The molecule has 0 bridgehead atoms. The van der Waals surface area contributed by atoms with E-state index in [-0.39, 0.29) is 5.69 Å². The molecule has 0 fully saturated rings. The molecule has 0 saturated heterocycles. The van der Waals surface area contributed by atoms with Crippen molar-refractivity contribution in [2.75, 3.05) is 0 Å². The van der Waals surface area contributed by atoms with Crippen molar-refractivity contribution in [2.45, 2.75) is 13.8 Å². The highest BCUT2D eigenvalue weighted by atomic mass is 16.1. The van der Waals surface area contributed by atoms with Crippen molar-refractivity contribution in [3.8, 4) is 0 Å². The summed E-state index contributed by atoms with van der Waals surface area (Å²) in [4.78, 5) is 23.5. The number of rotatable bonds is 0. The van der Waals surface area contributed by atoms with Gasteiger partial charge in [0, 0.05) is 7.05 Å². The normalized spacial score (nSPS) is 10.8. The van der Waals surface area contributed by atoms with Gasteiger partial charge in [0.1, 0.15) is 5.52 Å². The van der Waals surface area contributed by atoms with E-state index in [0.29, 0.717) is 11.2 Å². The minimum atomic E-state index is -0.310. The first-order valence-electron chi connectivity index (χ1n) is 4.26. The second kappa shape index (κ2) is 2.87. The maximum absolute atomic E-state index is 11.2. The summed E-state index contributed by atoms with van der Waals surface area (Å²) in [6.45, 7) is 3.75. The molecule has 0 aromatic carbocycles. The molecule has 2 aromatic rings. The van der Waals surface area contributed by atoms with Gasteiger partial charge in [0.15, 0.2) is 5.65 Å². The molecule has 0 N–H and O–H groups in total. The summed E-state index contributed by atoms with van der Waals surface area (Å²) in [7, 11) is 1.64. The summed E-state index contributed by atoms with van der Waals surface area (Å²) in [5.41, 5.74) is 2.61. The van der Waals surface area contributed by atoms with Crippen molar-refractivity contribution in [1.29, 1.82) is 0 Å². The molecule has 0 aliphatic rings. The van der Waals surface area contributed by atoms with Gasteiger partial charge in [-0.05, 0) is 13.8 Å². The van der Waals surface area contributed by atoms with Crippen LogP contribution in [-0.2, 0) is 7.05 Å². The van der Waals surface area contributed by atoms with Crippen LogP contribution in [0.1, 0.15) is 11.4 Å². The molecule has 0 spiro atoms. The molecular formula is C9H10N4O. The van der Waals surface area contributed by atoms with Crippen molar-refractivity contribution < 1.29 is 0 Å². The predicted molar refractivity (Wildman–Crippen MR) is 52.0 cm³/mol.